The van der Waals surface area contributed by atoms with E-state index >= 15 is 0 Å². The van der Waals surface area contributed by atoms with E-state index in [0.717, 1.165) is 17.0 Å². The number of nitrogens with zero attached hydrogens (tertiary/aromatic N) is 2. The number of ether oxygens (including phenoxy) is 1. The standard InChI is InChI=1S/C11H13N3OS/c1-2-15-9-5-3-8(4-6-9)11(12)10-7-16-14-13-10/h3-7,11H,2,12H2,1H3. The lowest BCUT2D eigenvalue weighted by Gasteiger charge is -2.09. The zero-order valence-electron chi connectivity index (χ0n) is 8.96. The van der Waals surface area contributed by atoms with E-state index < -0.39 is 0 Å². The van der Waals surface area contributed by atoms with E-state index in [1.165, 1.54) is 11.5 Å². The Balaban J connectivity index is 2.15. The monoisotopic (exact) mass is 235 g/mol. The summed E-state index contributed by atoms with van der Waals surface area (Å²) in [6, 6.07) is 7.52. The Morgan fingerprint density at radius 3 is 2.69 bits per heavy atom. The third-order valence-electron chi connectivity index (χ3n) is 2.25. The molecule has 0 saturated carbocycles. The molecule has 4 nitrogen and oxygen atoms in total. The van der Waals surface area contributed by atoms with Gasteiger partial charge in [0.15, 0.2) is 0 Å². The van der Waals surface area contributed by atoms with Crippen LogP contribution in [0.4, 0.5) is 0 Å². The molecule has 1 unspecified atom stereocenters. The minimum absolute atomic E-state index is 0.213. The average molecular weight is 235 g/mol. The molecule has 1 heterocycles. The number of rotatable bonds is 4. The van der Waals surface area contributed by atoms with Crippen molar-refractivity contribution in [3.63, 3.8) is 0 Å². The van der Waals surface area contributed by atoms with Gasteiger partial charge in [0.1, 0.15) is 5.75 Å². The Morgan fingerprint density at radius 1 is 1.38 bits per heavy atom. The van der Waals surface area contributed by atoms with Gasteiger partial charge in [-0.05, 0) is 36.2 Å². The molecule has 0 aliphatic heterocycles. The fourth-order valence-electron chi connectivity index (χ4n) is 1.42. The van der Waals surface area contributed by atoms with Crippen molar-refractivity contribution in [1.29, 1.82) is 0 Å². The molecule has 0 amide bonds. The normalized spacial score (nSPS) is 12.4. The van der Waals surface area contributed by atoms with Crippen LogP contribution in [0.5, 0.6) is 5.75 Å². The van der Waals surface area contributed by atoms with Crippen molar-refractivity contribution in [3.05, 3.63) is 40.9 Å². The predicted molar refractivity (Wildman–Crippen MR) is 63.6 cm³/mol. The molecule has 0 radical (unpaired) electrons. The van der Waals surface area contributed by atoms with E-state index in [2.05, 4.69) is 9.59 Å². The molecule has 0 bridgehead atoms. The maximum atomic E-state index is 6.05. The molecule has 1 aromatic heterocycles. The maximum Gasteiger partial charge on any atom is 0.119 e. The summed E-state index contributed by atoms with van der Waals surface area (Å²) < 4.78 is 9.17. The Kier molecular flexibility index (Phi) is 3.48. The molecular weight excluding hydrogens is 222 g/mol. The molecule has 0 saturated heterocycles. The summed E-state index contributed by atoms with van der Waals surface area (Å²) in [6.07, 6.45) is 0. The first-order valence-electron chi connectivity index (χ1n) is 5.06. The van der Waals surface area contributed by atoms with Crippen LogP contribution in [-0.4, -0.2) is 16.2 Å². The van der Waals surface area contributed by atoms with Crippen LogP contribution in [0, 0.1) is 0 Å². The number of aromatic nitrogens is 2. The highest BCUT2D eigenvalue weighted by atomic mass is 32.1. The highest BCUT2D eigenvalue weighted by molar-refractivity contribution is 7.03. The summed E-state index contributed by atoms with van der Waals surface area (Å²) in [5.41, 5.74) is 7.86. The van der Waals surface area contributed by atoms with Gasteiger partial charge in [-0.3, -0.25) is 0 Å². The second-order valence-electron chi connectivity index (χ2n) is 3.31. The smallest absolute Gasteiger partial charge is 0.119 e. The minimum Gasteiger partial charge on any atom is -0.494 e. The summed E-state index contributed by atoms with van der Waals surface area (Å²) in [5, 5.41) is 5.83. The van der Waals surface area contributed by atoms with Crippen LogP contribution in [-0.2, 0) is 0 Å². The van der Waals surface area contributed by atoms with Gasteiger partial charge in [0.05, 0.1) is 18.3 Å². The lowest BCUT2D eigenvalue weighted by molar-refractivity contribution is 0.340. The van der Waals surface area contributed by atoms with Crippen molar-refractivity contribution in [3.8, 4) is 5.75 Å². The fourth-order valence-corrected chi connectivity index (χ4v) is 1.91. The summed E-state index contributed by atoms with van der Waals surface area (Å²) in [6.45, 7) is 2.63. The van der Waals surface area contributed by atoms with Crippen molar-refractivity contribution in [1.82, 2.24) is 9.59 Å². The predicted octanol–water partition coefficient (Wildman–Crippen LogP) is 1.98. The van der Waals surface area contributed by atoms with Gasteiger partial charge in [0.2, 0.25) is 0 Å². The van der Waals surface area contributed by atoms with E-state index in [4.69, 9.17) is 10.5 Å². The topological polar surface area (TPSA) is 61.0 Å². The molecule has 1 atom stereocenters. The lowest BCUT2D eigenvalue weighted by atomic mass is 10.1. The third-order valence-corrected chi connectivity index (χ3v) is 2.77. The second-order valence-corrected chi connectivity index (χ2v) is 3.92. The van der Waals surface area contributed by atoms with Gasteiger partial charge < -0.3 is 10.5 Å². The average Bonchev–Trinajstić information content (AvgIpc) is 2.83. The molecule has 1 aromatic carbocycles. The van der Waals surface area contributed by atoms with Crippen molar-refractivity contribution in [2.24, 2.45) is 5.73 Å². The highest BCUT2D eigenvalue weighted by Crippen LogP contribution is 2.21. The molecule has 2 N–H and O–H groups in total. The van der Waals surface area contributed by atoms with Gasteiger partial charge in [-0.15, -0.1) is 5.10 Å². The van der Waals surface area contributed by atoms with Crippen LogP contribution in [0.25, 0.3) is 0 Å². The van der Waals surface area contributed by atoms with Crippen LogP contribution in [0.3, 0.4) is 0 Å². The number of nitrogens with two attached hydrogens (primary N) is 1. The molecular formula is C11H13N3OS. The Hall–Kier alpha value is -1.46. The van der Waals surface area contributed by atoms with Crippen molar-refractivity contribution < 1.29 is 4.74 Å². The SMILES string of the molecule is CCOc1ccc(C(N)c2csnn2)cc1. The molecule has 2 aromatic rings. The van der Waals surface area contributed by atoms with E-state index in [1.807, 2.05) is 36.6 Å². The second kappa shape index (κ2) is 5.05. The minimum atomic E-state index is -0.213. The van der Waals surface area contributed by atoms with Gasteiger partial charge >= 0.3 is 0 Å². The van der Waals surface area contributed by atoms with Crippen molar-refractivity contribution >= 4 is 11.5 Å². The molecule has 84 valence electrons. The van der Waals surface area contributed by atoms with Crippen LogP contribution >= 0.6 is 11.5 Å². The van der Waals surface area contributed by atoms with Gasteiger partial charge in [-0.1, -0.05) is 16.6 Å². The van der Waals surface area contributed by atoms with Gasteiger partial charge in [0, 0.05) is 5.38 Å². The van der Waals surface area contributed by atoms with Crippen molar-refractivity contribution in [2.45, 2.75) is 13.0 Å². The first kappa shape index (κ1) is 11.0. The molecule has 0 aliphatic carbocycles. The fraction of sp³-hybridized carbons (Fsp3) is 0.273. The Bertz CT molecular complexity index is 427. The Morgan fingerprint density at radius 2 is 2.12 bits per heavy atom. The molecule has 16 heavy (non-hydrogen) atoms. The van der Waals surface area contributed by atoms with Crippen LogP contribution in [0.1, 0.15) is 24.2 Å². The van der Waals surface area contributed by atoms with Crippen LogP contribution < -0.4 is 10.5 Å². The van der Waals surface area contributed by atoms with Crippen molar-refractivity contribution in [2.75, 3.05) is 6.61 Å². The first-order chi connectivity index (χ1) is 7.81. The quantitative estimate of drug-likeness (QED) is 0.880. The Labute approximate surface area is 98.2 Å². The van der Waals surface area contributed by atoms with Crippen LogP contribution in [0.2, 0.25) is 0 Å². The number of benzene rings is 1. The lowest BCUT2D eigenvalue weighted by Crippen LogP contribution is -2.12. The first-order valence-corrected chi connectivity index (χ1v) is 5.90. The third kappa shape index (κ3) is 2.37. The summed E-state index contributed by atoms with van der Waals surface area (Å²) in [7, 11) is 0. The number of hydrogen-bond acceptors (Lipinski definition) is 5. The van der Waals surface area contributed by atoms with Gasteiger partial charge in [-0.25, -0.2) is 0 Å². The zero-order chi connectivity index (χ0) is 11.4. The largest absolute Gasteiger partial charge is 0.494 e. The highest BCUT2D eigenvalue weighted by Gasteiger charge is 2.11. The molecule has 0 aliphatic rings. The van der Waals surface area contributed by atoms with E-state index in [-0.39, 0.29) is 6.04 Å². The van der Waals surface area contributed by atoms with Crippen LogP contribution in [0.15, 0.2) is 29.6 Å². The van der Waals surface area contributed by atoms with E-state index in [1.54, 1.807) is 0 Å². The molecule has 5 heteroatoms. The summed E-state index contributed by atoms with van der Waals surface area (Å²) in [4.78, 5) is 0. The molecule has 0 fully saturated rings. The van der Waals surface area contributed by atoms with Gasteiger partial charge in [-0.2, -0.15) is 0 Å². The molecule has 2 rings (SSSR count). The van der Waals surface area contributed by atoms with E-state index in [0.29, 0.717) is 6.61 Å². The zero-order valence-corrected chi connectivity index (χ0v) is 9.78. The summed E-state index contributed by atoms with van der Waals surface area (Å²) in [5.74, 6) is 0.856. The maximum absolute atomic E-state index is 6.05. The molecule has 0 spiro atoms. The number of hydrogen-bond donors (Lipinski definition) is 1. The summed E-state index contributed by atoms with van der Waals surface area (Å²) >= 11 is 1.31. The van der Waals surface area contributed by atoms with Gasteiger partial charge in [0.25, 0.3) is 0 Å². The van der Waals surface area contributed by atoms with E-state index in [9.17, 15) is 0 Å².